The van der Waals surface area contributed by atoms with Crippen molar-refractivity contribution in [1.29, 1.82) is 0 Å². The summed E-state index contributed by atoms with van der Waals surface area (Å²) in [6.07, 6.45) is -1.37. The van der Waals surface area contributed by atoms with E-state index in [0.717, 1.165) is 36.6 Å². The second-order valence-electron chi connectivity index (χ2n) is 7.18. The molecule has 1 aromatic rings. The van der Waals surface area contributed by atoms with Gasteiger partial charge in [-0.1, -0.05) is 17.7 Å². The maximum atomic E-state index is 13.1. The molecule has 2 heterocycles. The molecular weight excluding hydrogens is 407 g/mol. The first-order valence-electron chi connectivity index (χ1n) is 9.47. The van der Waals surface area contributed by atoms with Crippen molar-refractivity contribution in [2.45, 2.75) is 45.0 Å². The Morgan fingerprint density at radius 1 is 1.34 bits per heavy atom. The van der Waals surface area contributed by atoms with Crippen LogP contribution < -0.4 is 5.73 Å². The largest absolute Gasteiger partial charge is 0.417 e. The zero-order valence-electron chi connectivity index (χ0n) is 16.1. The number of carbonyl (C=O) groups is 1. The zero-order valence-corrected chi connectivity index (χ0v) is 16.8. The predicted molar refractivity (Wildman–Crippen MR) is 105 cm³/mol. The Hall–Kier alpha value is -2.06. The van der Waals surface area contributed by atoms with Crippen LogP contribution in [-0.4, -0.2) is 42.4 Å². The summed E-state index contributed by atoms with van der Waals surface area (Å²) in [5.74, 6) is -0.576. The van der Waals surface area contributed by atoms with E-state index in [1.807, 2.05) is 6.92 Å². The van der Waals surface area contributed by atoms with Gasteiger partial charge in [0.2, 0.25) is 0 Å². The van der Waals surface area contributed by atoms with E-state index in [0.29, 0.717) is 25.3 Å². The first-order chi connectivity index (χ1) is 13.7. The van der Waals surface area contributed by atoms with Crippen molar-refractivity contribution < 1.29 is 22.7 Å². The first kappa shape index (κ1) is 21.6. The van der Waals surface area contributed by atoms with Crippen LogP contribution in [0.3, 0.4) is 0 Å². The van der Waals surface area contributed by atoms with Gasteiger partial charge in [-0.3, -0.25) is 9.79 Å². The SMILES string of the molecule is CC(=NC1CCCCO1)C1=C(N)CN(C(=O)c2cccc(C(F)(F)F)c2Cl)CC1. The fourth-order valence-electron chi connectivity index (χ4n) is 3.58. The molecule has 2 aliphatic heterocycles. The van der Waals surface area contributed by atoms with Crippen molar-refractivity contribution in [3.05, 3.63) is 45.6 Å². The number of benzene rings is 1. The quantitative estimate of drug-likeness (QED) is 0.724. The van der Waals surface area contributed by atoms with Gasteiger partial charge in [-0.15, -0.1) is 0 Å². The van der Waals surface area contributed by atoms with Crippen LogP contribution in [0.25, 0.3) is 0 Å². The Kier molecular flexibility index (Phi) is 6.53. The van der Waals surface area contributed by atoms with Gasteiger partial charge >= 0.3 is 6.18 Å². The van der Waals surface area contributed by atoms with Crippen molar-refractivity contribution in [3.8, 4) is 0 Å². The topological polar surface area (TPSA) is 67.9 Å². The van der Waals surface area contributed by atoms with Gasteiger partial charge in [0.25, 0.3) is 5.91 Å². The lowest BCUT2D eigenvalue weighted by molar-refractivity contribution is -0.137. The van der Waals surface area contributed by atoms with E-state index in [2.05, 4.69) is 4.99 Å². The van der Waals surface area contributed by atoms with Crippen LogP contribution in [-0.2, 0) is 10.9 Å². The third-order valence-corrected chi connectivity index (χ3v) is 5.54. The van der Waals surface area contributed by atoms with Crippen LogP contribution in [0.5, 0.6) is 0 Å². The van der Waals surface area contributed by atoms with Crippen molar-refractivity contribution in [1.82, 2.24) is 4.90 Å². The summed E-state index contributed by atoms with van der Waals surface area (Å²) in [5, 5.41) is -0.592. The van der Waals surface area contributed by atoms with E-state index in [1.54, 1.807) is 0 Å². The van der Waals surface area contributed by atoms with Gasteiger partial charge in [0.15, 0.2) is 0 Å². The summed E-state index contributed by atoms with van der Waals surface area (Å²) in [7, 11) is 0. The average molecular weight is 430 g/mol. The van der Waals surface area contributed by atoms with E-state index in [4.69, 9.17) is 22.1 Å². The van der Waals surface area contributed by atoms with Crippen LogP contribution in [0, 0.1) is 0 Å². The van der Waals surface area contributed by atoms with Crippen molar-refractivity contribution in [2.75, 3.05) is 19.7 Å². The maximum Gasteiger partial charge on any atom is 0.417 e. The molecule has 0 aliphatic carbocycles. The number of aliphatic imine (C=N–C) groups is 1. The highest BCUT2D eigenvalue weighted by atomic mass is 35.5. The molecule has 0 spiro atoms. The zero-order chi connectivity index (χ0) is 21.2. The van der Waals surface area contributed by atoms with Crippen molar-refractivity contribution in [3.63, 3.8) is 0 Å². The minimum absolute atomic E-state index is 0.110. The standard InChI is InChI=1S/C20H23ClF3N3O2/c1-12(26-17-7-2-3-10-29-17)13-8-9-27(11-16(13)25)19(28)14-5-4-6-15(18(14)21)20(22,23)24/h4-6,17H,2-3,7-11,25H2,1H3. The Morgan fingerprint density at radius 3 is 2.72 bits per heavy atom. The molecule has 0 bridgehead atoms. The molecule has 1 saturated heterocycles. The van der Waals surface area contributed by atoms with E-state index in [9.17, 15) is 18.0 Å². The molecule has 2 aliphatic rings. The van der Waals surface area contributed by atoms with Gasteiger partial charge in [-0.2, -0.15) is 13.2 Å². The van der Waals surface area contributed by atoms with Crippen LogP contribution >= 0.6 is 11.6 Å². The maximum absolute atomic E-state index is 13.1. The van der Waals surface area contributed by atoms with E-state index < -0.39 is 22.7 Å². The second kappa shape index (κ2) is 8.75. The number of alkyl halides is 3. The van der Waals surface area contributed by atoms with Gasteiger partial charge in [0.1, 0.15) is 6.23 Å². The number of halogens is 4. The number of hydrogen-bond donors (Lipinski definition) is 1. The molecule has 0 aromatic heterocycles. The molecular formula is C20H23ClF3N3O2. The third kappa shape index (κ3) is 4.93. The van der Waals surface area contributed by atoms with Crippen molar-refractivity contribution in [2.24, 2.45) is 10.7 Å². The predicted octanol–water partition coefficient (Wildman–Crippen LogP) is 4.41. The Morgan fingerprint density at radius 2 is 2.10 bits per heavy atom. The number of nitrogens with two attached hydrogens (primary N) is 1. The van der Waals surface area contributed by atoms with Crippen LogP contribution in [0.1, 0.15) is 48.5 Å². The fraction of sp³-hybridized carbons (Fsp3) is 0.500. The van der Waals surface area contributed by atoms with E-state index in [1.165, 1.54) is 17.0 Å². The lowest BCUT2D eigenvalue weighted by Gasteiger charge is -2.30. The number of rotatable bonds is 3. The summed E-state index contributed by atoms with van der Waals surface area (Å²) in [6.45, 7) is 2.98. The molecule has 2 N–H and O–H groups in total. The highest BCUT2D eigenvalue weighted by Crippen LogP contribution is 2.36. The van der Waals surface area contributed by atoms with Gasteiger partial charge in [-0.25, -0.2) is 0 Å². The third-order valence-electron chi connectivity index (χ3n) is 5.13. The number of amides is 1. The fourth-order valence-corrected chi connectivity index (χ4v) is 3.89. The average Bonchev–Trinajstić information content (AvgIpc) is 2.67. The van der Waals surface area contributed by atoms with Crippen LogP contribution in [0.4, 0.5) is 13.2 Å². The number of carbonyl (C=O) groups excluding carboxylic acids is 1. The lowest BCUT2D eigenvalue weighted by Crippen LogP contribution is -2.40. The minimum atomic E-state index is -4.63. The molecule has 1 unspecified atom stereocenters. The number of ether oxygens (including phenoxy) is 1. The summed E-state index contributed by atoms with van der Waals surface area (Å²) in [5.41, 5.74) is 7.08. The first-order valence-corrected chi connectivity index (χ1v) is 9.85. The van der Waals surface area contributed by atoms with Crippen LogP contribution in [0.2, 0.25) is 5.02 Å². The van der Waals surface area contributed by atoms with Gasteiger partial charge in [-0.05, 0) is 50.3 Å². The van der Waals surface area contributed by atoms with Gasteiger partial charge < -0.3 is 15.4 Å². The molecule has 1 atom stereocenters. The van der Waals surface area contributed by atoms with Gasteiger partial charge in [0.05, 0.1) is 22.7 Å². The smallest absolute Gasteiger partial charge is 0.400 e. The summed E-state index contributed by atoms with van der Waals surface area (Å²) in [6, 6.07) is 3.33. The molecule has 29 heavy (non-hydrogen) atoms. The molecule has 5 nitrogen and oxygen atoms in total. The summed E-state index contributed by atoms with van der Waals surface area (Å²) < 4.78 is 44.8. The highest BCUT2D eigenvalue weighted by molar-refractivity contribution is 6.34. The van der Waals surface area contributed by atoms with E-state index in [-0.39, 0.29) is 18.3 Å². The Balaban J connectivity index is 1.77. The molecule has 9 heteroatoms. The molecule has 158 valence electrons. The molecule has 0 saturated carbocycles. The Labute approximate surface area is 172 Å². The second-order valence-corrected chi connectivity index (χ2v) is 7.56. The monoisotopic (exact) mass is 429 g/mol. The molecule has 1 aromatic carbocycles. The molecule has 3 rings (SSSR count). The lowest BCUT2D eigenvalue weighted by atomic mass is 10.00. The minimum Gasteiger partial charge on any atom is -0.400 e. The van der Waals surface area contributed by atoms with E-state index >= 15 is 0 Å². The molecule has 1 fully saturated rings. The van der Waals surface area contributed by atoms with Gasteiger partial charge in [0, 0.05) is 24.6 Å². The van der Waals surface area contributed by atoms with Crippen molar-refractivity contribution >= 4 is 23.2 Å². The Bertz CT molecular complexity index is 846. The number of nitrogens with zero attached hydrogens (tertiary/aromatic N) is 2. The molecule has 0 radical (unpaired) electrons. The number of hydrogen-bond acceptors (Lipinski definition) is 4. The molecule has 1 amide bonds. The normalized spacial score (nSPS) is 21.5. The summed E-state index contributed by atoms with van der Waals surface area (Å²) in [4.78, 5) is 18.8. The highest BCUT2D eigenvalue weighted by Gasteiger charge is 2.35. The van der Waals surface area contributed by atoms with Crippen LogP contribution in [0.15, 0.2) is 34.5 Å². The summed E-state index contributed by atoms with van der Waals surface area (Å²) >= 11 is 5.89.